The van der Waals surface area contributed by atoms with Crippen LogP contribution in [0, 0.1) is 6.92 Å². The molecule has 0 saturated heterocycles. The second-order valence-corrected chi connectivity index (χ2v) is 4.27. The number of methoxy groups -OCH3 is 1. The van der Waals surface area contributed by atoms with E-state index in [9.17, 15) is 4.79 Å². The van der Waals surface area contributed by atoms with E-state index in [1.54, 1.807) is 0 Å². The molecule has 2 rings (SSSR count). The molecular formula is C13H17N3O2. The Bertz CT molecular complexity index is 454. The van der Waals surface area contributed by atoms with Crippen LogP contribution in [0.2, 0.25) is 0 Å². The summed E-state index contributed by atoms with van der Waals surface area (Å²) in [6, 6.07) is 7.65. The minimum Gasteiger partial charge on any atom is -0.467 e. The maximum absolute atomic E-state index is 11.3. The van der Waals surface area contributed by atoms with E-state index < -0.39 is 0 Å². The molecule has 0 bridgehead atoms. The summed E-state index contributed by atoms with van der Waals surface area (Å²) in [5, 5.41) is 0. The lowest BCUT2D eigenvalue weighted by Gasteiger charge is -2.09. The Morgan fingerprint density at radius 3 is 2.72 bits per heavy atom. The summed E-state index contributed by atoms with van der Waals surface area (Å²) in [6.07, 6.45) is 1.45. The van der Waals surface area contributed by atoms with Gasteiger partial charge in [0, 0.05) is 6.42 Å². The van der Waals surface area contributed by atoms with Crippen molar-refractivity contribution >= 4 is 17.5 Å². The summed E-state index contributed by atoms with van der Waals surface area (Å²) in [5.74, 6) is 0.508. The smallest absolute Gasteiger partial charge is 0.330 e. The van der Waals surface area contributed by atoms with E-state index in [4.69, 9.17) is 0 Å². The minimum atomic E-state index is -0.364. The number of benzene rings is 1. The Morgan fingerprint density at radius 2 is 2.06 bits per heavy atom. The second-order valence-electron chi connectivity index (χ2n) is 4.27. The zero-order valence-electron chi connectivity index (χ0n) is 10.6. The average molecular weight is 247 g/mol. The van der Waals surface area contributed by atoms with Gasteiger partial charge in [-0.1, -0.05) is 17.7 Å². The number of ether oxygens (including phenoxy) is 1. The molecular weight excluding hydrogens is 230 g/mol. The van der Waals surface area contributed by atoms with Crippen molar-refractivity contribution in [3.8, 4) is 0 Å². The fourth-order valence-corrected chi connectivity index (χ4v) is 1.77. The molecule has 5 nitrogen and oxygen atoms in total. The molecule has 5 heteroatoms. The summed E-state index contributed by atoms with van der Waals surface area (Å²) >= 11 is 0. The molecule has 1 heterocycles. The van der Waals surface area contributed by atoms with Crippen LogP contribution in [0.3, 0.4) is 0 Å². The van der Waals surface area contributed by atoms with Gasteiger partial charge in [0.05, 0.1) is 12.8 Å². The predicted molar refractivity (Wildman–Crippen MR) is 70.4 cm³/mol. The third-order valence-electron chi connectivity index (χ3n) is 2.84. The first-order valence-electron chi connectivity index (χ1n) is 5.92. The van der Waals surface area contributed by atoms with Crippen LogP contribution in [0.15, 0.2) is 29.3 Å². The number of hydrogen-bond acceptors (Lipinski definition) is 5. The van der Waals surface area contributed by atoms with Crippen LogP contribution in [-0.4, -0.2) is 25.0 Å². The maximum atomic E-state index is 11.3. The van der Waals surface area contributed by atoms with Gasteiger partial charge in [-0.05, 0) is 25.5 Å². The predicted octanol–water partition coefficient (Wildman–Crippen LogP) is 1.65. The minimum absolute atomic E-state index is 0.276. The summed E-state index contributed by atoms with van der Waals surface area (Å²) in [7, 11) is 1.38. The fraction of sp³-hybridized carbons (Fsp3) is 0.385. The van der Waals surface area contributed by atoms with Crippen LogP contribution in [0.25, 0.3) is 0 Å². The molecule has 18 heavy (non-hydrogen) atoms. The van der Waals surface area contributed by atoms with Crippen molar-refractivity contribution < 1.29 is 9.53 Å². The highest BCUT2D eigenvalue weighted by atomic mass is 16.5. The molecule has 0 spiro atoms. The van der Waals surface area contributed by atoms with Crippen LogP contribution in [0.4, 0.5) is 5.69 Å². The van der Waals surface area contributed by atoms with Crippen molar-refractivity contribution in [2.24, 2.45) is 4.99 Å². The number of rotatable bonds is 3. The first kappa shape index (κ1) is 12.4. The van der Waals surface area contributed by atoms with Gasteiger partial charge < -0.3 is 4.74 Å². The number of amidine groups is 1. The highest BCUT2D eigenvalue weighted by molar-refractivity contribution is 5.90. The number of hydrogen-bond donors (Lipinski definition) is 2. The lowest BCUT2D eigenvalue weighted by molar-refractivity contribution is -0.141. The molecule has 2 N–H and O–H groups in total. The van der Waals surface area contributed by atoms with Crippen LogP contribution >= 0.6 is 0 Å². The number of nitrogens with zero attached hydrogens (tertiary/aromatic N) is 1. The molecule has 96 valence electrons. The summed E-state index contributed by atoms with van der Waals surface area (Å²) in [6.45, 7) is 2.04. The second kappa shape index (κ2) is 5.53. The van der Waals surface area contributed by atoms with E-state index in [2.05, 4.69) is 20.6 Å². The third kappa shape index (κ3) is 3.00. The van der Waals surface area contributed by atoms with Gasteiger partial charge in [0.2, 0.25) is 0 Å². The van der Waals surface area contributed by atoms with Crippen molar-refractivity contribution in [3.63, 3.8) is 0 Å². The highest BCUT2D eigenvalue weighted by Gasteiger charge is 2.24. The van der Waals surface area contributed by atoms with Gasteiger partial charge in [0.25, 0.3) is 0 Å². The molecule has 0 aliphatic carbocycles. The molecule has 1 atom stereocenters. The van der Waals surface area contributed by atoms with Crippen molar-refractivity contribution in [2.75, 3.05) is 12.5 Å². The van der Waals surface area contributed by atoms with Gasteiger partial charge in [-0.15, -0.1) is 0 Å². The summed E-state index contributed by atoms with van der Waals surface area (Å²) in [4.78, 5) is 15.6. The van der Waals surface area contributed by atoms with Crippen molar-refractivity contribution in [1.82, 2.24) is 5.43 Å². The third-order valence-corrected chi connectivity index (χ3v) is 2.84. The fourth-order valence-electron chi connectivity index (χ4n) is 1.77. The van der Waals surface area contributed by atoms with E-state index in [1.807, 2.05) is 31.2 Å². The quantitative estimate of drug-likeness (QED) is 0.629. The number of nitrogens with one attached hydrogen (secondary N) is 2. The molecule has 0 amide bonds. The zero-order chi connectivity index (χ0) is 13.0. The summed E-state index contributed by atoms with van der Waals surface area (Å²) < 4.78 is 4.66. The first-order valence-corrected chi connectivity index (χ1v) is 5.92. The number of esters is 1. The van der Waals surface area contributed by atoms with Crippen molar-refractivity contribution in [1.29, 1.82) is 0 Å². The van der Waals surface area contributed by atoms with E-state index in [-0.39, 0.29) is 12.0 Å². The molecule has 0 aromatic heterocycles. The Labute approximate surface area is 106 Å². The van der Waals surface area contributed by atoms with E-state index in [0.29, 0.717) is 6.42 Å². The molecule has 0 radical (unpaired) electrons. The van der Waals surface area contributed by atoms with Crippen LogP contribution < -0.4 is 10.9 Å². The number of anilines is 1. The summed E-state index contributed by atoms with van der Waals surface area (Å²) in [5.41, 5.74) is 8.25. The normalized spacial score (nSPS) is 18.1. The van der Waals surface area contributed by atoms with Gasteiger partial charge in [-0.25, -0.2) is 4.79 Å². The topological polar surface area (TPSA) is 62.7 Å². The van der Waals surface area contributed by atoms with Gasteiger partial charge in [0.15, 0.2) is 0 Å². The Kier molecular flexibility index (Phi) is 3.82. The average Bonchev–Trinajstić information content (AvgIpc) is 2.86. The van der Waals surface area contributed by atoms with Gasteiger partial charge in [0.1, 0.15) is 11.9 Å². The van der Waals surface area contributed by atoms with E-state index >= 15 is 0 Å². The van der Waals surface area contributed by atoms with Gasteiger partial charge >= 0.3 is 5.97 Å². The largest absolute Gasteiger partial charge is 0.467 e. The monoisotopic (exact) mass is 247 g/mol. The van der Waals surface area contributed by atoms with E-state index in [0.717, 1.165) is 17.9 Å². The van der Waals surface area contributed by atoms with Crippen molar-refractivity contribution in [2.45, 2.75) is 25.8 Å². The SMILES string of the molecule is COC(=O)C1CCC(NNc2ccc(C)cc2)=N1. The molecule has 0 fully saturated rings. The molecule has 1 unspecified atom stereocenters. The van der Waals surface area contributed by atoms with Crippen LogP contribution in [0.1, 0.15) is 18.4 Å². The number of carbonyl (C=O) groups is 1. The Balaban J connectivity index is 1.88. The van der Waals surface area contributed by atoms with Gasteiger partial charge in [-0.3, -0.25) is 15.8 Å². The number of aryl methyl sites for hydroxylation is 1. The van der Waals surface area contributed by atoms with Crippen LogP contribution in [-0.2, 0) is 9.53 Å². The van der Waals surface area contributed by atoms with Crippen LogP contribution in [0.5, 0.6) is 0 Å². The Morgan fingerprint density at radius 1 is 1.33 bits per heavy atom. The molecule has 1 aliphatic heterocycles. The zero-order valence-corrected chi connectivity index (χ0v) is 10.6. The highest BCUT2D eigenvalue weighted by Crippen LogP contribution is 2.14. The standard InChI is InChI=1S/C13H17N3O2/c1-9-3-5-10(6-4-9)15-16-12-8-7-11(14-12)13(17)18-2/h3-6,11,15H,7-8H2,1-2H3,(H,14,16). The molecule has 1 aromatic carbocycles. The van der Waals surface area contributed by atoms with Gasteiger partial charge in [-0.2, -0.15) is 0 Å². The first-order chi connectivity index (χ1) is 8.69. The lowest BCUT2D eigenvalue weighted by Crippen LogP contribution is -2.27. The molecule has 1 aliphatic rings. The number of aliphatic imine (C=N–C) groups is 1. The number of carbonyl (C=O) groups excluding carboxylic acids is 1. The van der Waals surface area contributed by atoms with E-state index in [1.165, 1.54) is 12.7 Å². The number of hydrazine groups is 1. The lowest BCUT2D eigenvalue weighted by atomic mass is 10.2. The molecule has 0 saturated carbocycles. The van der Waals surface area contributed by atoms with Crippen molar-refractivity contribution in [3.05, 3.63) is 29.8 Å². The Hall–Kier alpha value is -2.04. The maximum Gasteiger partial charge on any atom is 0.330 e. The molecule has 1 aromatic rings.